The molecule has 2 heterocycles. The molecule has 0 fully saturated rings. The minimum atomic E-state index is -3.65. The van der Waals surface area contributed by atoms with Crippen molar-refractivity contribution in [2.45, 2.75) is 11.6 Å². The molecule has 0 aliphatic carbocycles. The van der Waals surface area contributed by atoms with E-state index in [1.54, 1.807) is 18.2 Å². The van der Waals surface area contributed by atoms with Gasteiger partial charge in [-0.2, -0.15) is 8.42 Å². The van der Waals surface area contributed by atoms with Gasteiger partial charge in [0.05, 0.1) is 5.69 Å². The smallest absolute Gasteiger partial charge is 0.279 e. The lowest BCUT2D eigenvalue weighted by Gasteiger charge is -2.07. The first-order valence-electron chi connectivity index (χ1n) is 5.64. The molecule has 0 unspecified atom stereocenters. The molecule has 0 bridgehead atoms. The highest BCUT2D eigenvalue weighted by Crippen LogP contribution is 2.13. The second-order valence-electron chi connectivity index (χ2n) is 3.88. The van der Waals surface area contributed by atoms with Crippen LogP contribution in [0.15, 0.2) is 47.9 Å². The highest BCUT2D eigenvalue weighted by Gasteiger charge is 2.15. The Morgan fingerprint density at radius 3 is 2.47 bits per heavy atom. The lowest BCUT2D eigenvalue weighted by atomic mass is 10.3. The minimum Gasteiger partial charge on any atom is -0.316 e. The highest BCUT2D eigenvalue weighted by atomic mass is 32.2. The average Bonchev–Trinajstić information content (AvgIpc) is 2.40. The van der Waals surface area contributed by atoms with Crippen LogP contribution in [0.5, 0.6) is 0 Å². The molecular formula is C12H14N4O2S. The standard InChI is InChI=1S/C12H14N4O2S/c1-13-8-10-2-3-12(15-9-10)19(17,18)16-11-4-6-14-7-5-11/h2-7,9,13H,8H2,1H3,(H,14,16). The molecule has 0 spiro atoms. The second-order valence-corrected chi connectivity index (χ2v) is 5.51. The van der Waals surface area contributed by atoms with Crippen LogP contribution in [-0.4, -0.2) is 25.4 Å². The van der Waals surface area contributed by atoms with E-state index < -0.39 is 10.0 Å². The molecule has 0 aromatic carbocycles. The Morgan fingerprint density at radius 2 is 1.89 bits per heavy atom. The van der Waals surface area contributed by atoms with Crippen LogP contribution in [0.2, 0.25) is 0 Å². The molecule has 0 aliphatic rings. The Hall–Kier alpha value is -1.99. The zero-order valence-corrected chi connectivity index (χ0v) is 11.2. The first-order chi connectivity index (χ1) is 9.12. The molecule has 2 aromatic rings. The zero-order chi connectivity index (χ0) is 13.7. The number of nitrogens with one attached hydrogen (secondary N) is 2. The van der Waals surface area contributed by atoms with Crippen LogP contribution in [0, 0.1) is 0 Å². The topological polar surface area (TPSA) is 84.0 Å². The van der Waals surface area contributed by atoms with E-state index >= 15 is 0 Å². The predicted molar refractivity (Wildman–Crippen MR) is 72.0 cm³/mol. The molecule has 19 heavy (non-hydrogen) atoms. The van der Waals surface area contributed by atoms with Gasteiger partial charge in [0.2, 0.25) is 0 Å². The summed E-state index contributed by atoms with van der Waals surface area (Å²) < 4.78 is 26.6. The summed E-state index contributed by atoms with van der Waals surface area (Å²) in [7, 11) is -1.84. The van der Waals surface area contributed by atoms with Gasteiger partial charge in [-0.1, -0.05) is 6.07 Å². The lowest BCUT2D eigenvalue weighted by Crippen LogP contribution is -2.15. The number of hydrogen-bond donors (Lipinski definition) is 2. The summed E-state index contributed by atoms with van der Waals surface area (Å²) in [5, 5.41) is 2.96. The summed E-state index contributed by atoms with van der Waals surface area (Å²) in [6, 6.07) is 6.36. The van der Waals surface area contributed by atoms with Crippen molar-refractivity contribution < 1.29 is 8.42 Å². The summed E-state index contributed by atoms with van der Waals surface area (Å²) in [6.45, 7) is 0.644. The van der Waals surface area contributed by atoms with Crippen LogP contribution >= 0.6 is 0 Å². The van der Waals surface area contributed by atoms with Crippen LogP contribution in [0.25, 0.3) is 0 Å². The SMILES string of the molecule is CNCc1ccc(S(=O)(=O)Nc2ccncc2)nc1. The average molecular weight is 278 g/mol. The number of aromatic nitrogens is 2. The molecule has 0 radical (unpaired) electrons. The fourth-order valence-corrected chi connectivity index (χ4v) is 2.50. The van der Waals surface area contributed by atoms with Gasteiger partial charge in [0.25, 0.3) is 10.0 Å². The Labute approximate surface area is 112 Å². The first kappa shape index (κ1) is 13.4. The maximum Gasteiger partial charge on any atom is 0.279 e. The third kappa shape index (κ3) is 3.49. The maximum atomic E-state index is 12.1. The van der Waals surface area contributed by atoms with Crippen molar-refractivity contribution in [1.29, 1.82) is 0 Å². The van der Waals surface area contributed by atoms with Crippen molar-refractivity contribution in [2.24, 2.45) is 0 Å². The number of rotatable bonds is 5. The molecule has 100 valence electrons. The molecule has 0 aliphatic heterocycles. The van der Waals surface area contributed by atoms with Crippen molar-refractivity contribution in [3.8, 4) is 0 Å². The number of anilines is 1. The van der Waals surface area contributed by atoms with E-state index in [0.717, 1.165) is 5.56 Å². The molecule has 2 rings (SSSR count). The predicted octanol–water partition coefficient (Wildman–Crippen LogP) is 0.997. The summed E-state index contributed by atoms with van der Waals surface area (Å²) in [4.78, 5) is 7.78. The van der Waals surface area contributed by atoms with E-state index in [0.29, 0.717) is 12.2 Å². The number of pyridine rings is 2. The zero-order valence-electron chi connectivity index (χ0n) is 10.4. The quantitative estimate of drug-likeness (QED) is 0.852. The van der Waals surface area contributed by atoms with Gasteiger partial charge >= 0.3 is 0 Å². The van der Waals surface area contributed by atoms with Crippen molar-refractivity contribution in [3.63, 3.8) is 0 Å². The van der Waals surface area contributed by atoms with Gasteiger partial charge < -0.3 is 5.32 Å². The minimum absolute atomic E-state index is 0.0100. The van der Waals surface area contributed by atoms with Crippen molar-refractivity contribution in [2.75, 3.05) is 11.8 Å². The van der Waals surface area contributed by atoms with Crippen LogP contribution in [-0.2, 0) is 16.6 Å². The molecule has 0 amide bonds. The normalized spacial score (nSPS) is 11.2. The molecule has 0 saturated heterocycles. The van der Waals surface area contributed by atoms with Gasteiger partial charge in [0, 0.05) is 25.1 Å². The van der Waals surface area contributed by atoms with Gasteiger partial charge in [-0.05, 0) is 30.8 Å². The monoisotopic (exact) mass is 278 g/mol. The fraction of sp³-hybridized carbons (Fsp3) is 0.167. The van der Waals surface area contributed by atoms with E-state index in [1.165, 1.54) is 24.7 Å². The molecular weight excluding hydrogens is 264 g/mol. The van der Waals surface area contributed by atoms with Crippen LogP contribution in [0.3, 0.4) is 0 Å². The van der Waals surface area contributed by atoms with Gasteiger partial charge in [-0.3, -0.25) is 9.71 Å². The second kappa shape index (κ2) is 5.77. The summed E-state index contributed by atoms with van der Waals surface area (Å²) in [6.07, 6.45) is 4.57. The molecule has 2 aromatic heterocycles. The summed E-state index contributed by atoms with van der Waals surface area (Å²) in [5.41, 5.74) is 1.38. The fourth-order valence-electron chi connectivity index (χ4n) is 1.51. The van der Waals surface area contributed by atoms with E-state index in [4.69, 9.17) is 0 Å². The third-order valence-corrected chi connectivity index (χ3v) is 3.68. The Kier molecular flexibility index (Phi) is 4.08. The van der Waals surface area contributed by atoms with Gasteiger partial charge in [0.15, 0.2) is 5.03 Å². The van der Waals surface area contributed by atoms with Crippen molar-refractivity contribution in [1.82, 2.24) is 15.3 Å². The molecule has 7 heteroatoms. The molecule has 0 saturated carbocycles. The van der Waals surface area contributed by atoms with E-state index in [9.17, 15) is 8.42 Å². The third-order valence-electron chi connectivity index (χ3n) is 2.39. The largest absolute Gasteiger partial charge is 0.316 e. The Balaban J connectivity index is 2.20. The molecule has 6 nitrogen and oxygen atoms in total. The Bertz CT molecular complexity index is 627. The van der Waals surface area contributed by atoms with Gasteiger partial charge in [0.1, 0.15) is 0 Å². The molecule has 2 N–H and O–H groups in total. The number of nitrogens with zero attached hydrogens (tertiary/aromatic N) is 2. The summed E-state index contributed by atoms with van der Waals surface area (Å²) in [5.74, 6) is 0. The van der Waals surface area contributed by atoms with E-state index in [1.807, 2.05) is 7.05 Å². The summed E-state index contributed by atoms with van der Waals surface area (Å²) >= 11 is 0. The van der Waals surface area contributed by atoms with Gasteiger partial charge in [-0.15, -0.1) is 0 Å². The van der Waals surface area contributed by atoms with Crippen molar-refractivity contribution in [3.05, 3.63) is 48.4 Å². The van der Waals surface area contributed by atoms with Gasteiger partial charge in [-0.25, -0.2) is 4.98 Å². The number of hydrogen-bond acceptors (Lipinski definition) is 5. The molecule has 0 atom stereocenters. The lowest BCUT2D eigenvalue weighted by molar-refractivity contribution is 0.597. The number of sulfonamides is 1. The van der Waals surface area contributed by atoms with Crippen LogP contribution in [0.1, 0.15) is 5.56 Å². The van der Waals surface area contributed by atoms with Crippen LogP contribution < -0.4 is 10.0 Å². The van der Waals surface area contributed by atoms with E-state index in [-0.39, 0.29) is 5.03 Å². The van der Waals surface area contributed by atoms with Crippen LogP contribution in [0.4, 0.5) is 5.69 Å². The Morgan fingerprint density at radius 1 is 1.16 bits per heavy atom. The first-order valence-corrected chi connectivity index (χ1v) is 7.12. The highest BCUT2D eigenvalue weighted by molar-refractivity contribution is 7.92. The maximum absolute atomic E-state index is 12.1. The van der Waals surface area contributed by atoms with Crippen molar-refractivity contribution >= 4 is 15.7 Å². The van der Waals surface area contributed by atoms with E-state index in [2.05, 4.69) is 20.0 Å².